The third-order valence-electron chi connectivity index (χ3n) is 3.39. The molecule has 0 fully saturated rings. The van der Waals surface area contributed by atoms with Crippen molar-refractivity contribution in [2.45, 2.75) is 97.8 Å². The van der Waals surface area contributed by atoms with Crippen LogP contribution in [0, 0.1) is 5.92 Å². The summed E-state index contributed by atoms with van der Waals surface area (Å²) in [6.45, 7) is 6.95. The zero-order chi connectivity index (χ0) is 16.6. The first kappa shape index (κ1) is 23.4. The van der Waals surface area contributed by atoms with Gasteiger partial charge in [-0.05, 0) is 5.92 Å². The van der Waals surface area contributed by atoms with E-state index < -0.39 is 7.82 Å². The molecule has 3 N–H and O–H groups in total. The molecule has 0 aromatic carbocycles. The van der Waals surface area contributed by atoms with Gasteiger partial charge in [0.25, 0.3) is 0 Å². The maximum absolute atomic E-state index is 8.88. The minimum Gasteiger partial charge on any atom is -0.303 e. The zero-order valence-electron chi connectivity index (χ0n) is 14.3. The lowest BCUT2D eigenvalue weighted by molar-refractivity contribution is 0.275. The minimum atomic E-state index is -4.64. The van der Waals surface area contributed by atoms with E-state index in [0.717, 1.165) is 5.92 Å². The Balaban J connectivity index is 0. The van der Waals surface area contributed by atoms with E-state index >= 15 is 0 Å². The van der Waals surface area contributed by atoms with Crippen LogP contribution in [0.3, 0.4) is 0 Å². The van der Waals surface area contributed by atoms with Crippen LogP contribution in [0.15, 0.2) is 0 Å². The molecule has 0 amide bonds. The maximum Gasteiger partial charge on any atom is 0.466 e. The number of rotatable bonds is 12. The van der Waals surface area contributed by atoms with Crippen LogP contribution in [0.5, 0.6) is 0 Å². The average Bonchev–Trinajstić information content (AvgIpc) is 2.33. The molecule has 0 aliphatic carbocycles. The van der Waals surface area contributed by atoms with Gasteiger partial charge in [-0.15, -0.1) is 0 Å². The Morgan fingerprint density at radius 3 is 1.29 bits per heavy atom. The Hall–Kier alpha value is 0.110. The highest BCUT2D eigenvalue weighted by atomic mass is 31.2. The highest BCUT2D eigenvalue weighted by molar-refractivity contribution is 7.45. The highest BCUT2D eigenvalue weighted by Gasteiger charge is 2.00. The molecule has 0 heterocycles. The molecule has 0 spiro atoms. The molecule has 0 atom stereocenters. The summed E-state index contributed by atoms with van der Waals surface area (Å²) in [5, 5.41) is 0. The van der Waals surface area contributed by atoms with Crippen LogP contribution in [0.25, 0.3) is 0 Å². The van der Waals surface area contributed by atoms with Crippen LogP contribution in [0.1, 0.15) is 97.8 Å². The molecule has 21 heavy (non-hydrogen) atoms. The van der Waals surface area contributed by atoms with E-state index in [1.807, 2.05) is 0 Å². The van der Waals surface area contributed by atoms with Crippen LogP contribution in [0.2, 0.25) is 0 Å². The minimum absolute atomic E-state index is 0.901. The lowest BCUT2D eigenvalue weighted by Gasteiger charge is -2.04. The van der Waals surface area contributed by atoms with Crippen molar-refractivity contribution < 1.29 is 19.2 Å². The van der Waals surface area contributed by atoms with Crippen LogP contribution < -0.4 is 0 Å². The summed E-state index contributed by atoms with van der Waals surface area (Å²) in [4.78, 5) is 21.6. The highest BCUT2D eigenvalue weighted by Crippen LogP contribution is 2.25. The lowest BCUT2D eigenvalue weighted by Crippen LogP contribution is -1.87. The molecule has 130 valence electrons. The Kier molecular flexibility index (Phi) is 18.3. The molecule has 0 bridgehead atoms. The second-order valence-electron chi connectivity index (χ2n) is 6.23. The Morgan fingerprint density at radius 2 is 1.00 bits per heavy atom. The largest absolute Gasteiger partial charge is 0.466 e. The second-order valence-corrected chi connectivity index (χ2v) is 7.26. The van der Waals surface area contributed by atoms with Gasteiger partial charge < -0.3 is 14.7 Å². The van der Waals surface area contributed by atoms with Gasteiger partial charge >= 0.3 is 7.82 Å². The summed E-state index contributed by atoms with van der Waals surface area (Å²) in [6.07, 6.45) is 17.5. The molecular weight excluding hydrogens is 287 g/mol. The summed E-state index contributed by atoms with van der Waals surface area (Å²) in [5.41, 5.74) is 0. The zero-order valence-corrected chi connectivity index (χ0v) is 15.2. The summed E-state index contributed by atoms with van der Waals surface area (Å²) >= 11 is 0. The Morgan fingerprint density at radius 1 is 0.714 bits per heavy atom. The van der Waals surface area contributed by atoms with Gasteiger partial charge in [0.1, 0.15) is 0 Å². The van der Waals surface area contributed by atoms with E-state index in [9.17, 15) is 0 Å². The average molecular weight is 324 g/mol. The van der Waals surface area contributed by atoms with E-state index in [0.29, 0.717) is 0 Å². The molecule has 0 rings (SSSR count). The Bertz CT molecular complexity index is 230. The van der Waals surface area contributed by atoms with Crippen molar-refractivity contribution in [3.63, 3.8) is 0 Å². The number of hydrogen-bond acceptors (Lipinski definition) is 1. The summed E-state index contributed by atoms with van der Waals surface area (Å²) in [6, 6.07) is 0. The topological polar surface area (TPSA) is 77.8 Å². The van der Waals surface area contributed by atoms with E-state index in [4.69, 9.17) is 19.2 Å². The quantitative estimate of drug-likeness (QED) is 0.331. The van der Waals surface area contributed by atoms with Crippen molar-refractivity contribution >= 4 is 7.82 Å². The molecule has 0 aliphatic rings. The standard InChI is InChI=1S/C16H34.H3O4P/c1-4-5-6-7-8-9-10-11-12-13-14-15-16(2)3;1-5(2,3)4/h16H,4-15H2,1-3H3;(H3,1,2,3,4). The Labute approximate surface area is 131 Å². The van der Waals surface area contributed by atoms with Gasteiger partial charge in [-0.25, -0.2) is 4.57 Å². The molecule has 0 saturated heterocycles. The fourth-order valence-corrected chi connectivity index (χ4v) is 2.22. The van der Waals surface area contributed by atoms with Crippen LogP contribution >= 0.6 is 7.82 Å². The molecule has 0 aromatic heterocycles. The maximum atomic E-state index is 8.88. The van der Waals surface area contributed by atoms with Gasteiger partial charge in [-0.3, -0.25) is 0 Å². The van der Waals surface area contributed by atoms with Gasteiger partial charge in [-0.1, -0.05) is 97.8 Å². The monoisotopic (exact) mass is 324 g/mol. The van der Waals surface area contributed by atoms with Crippen molar-refractivity contribution in [2.75, 3.05) is 0 Å². The van der Waals surface area contributed by atoms with E-state index in [-0.39, 0.29) is 0 Å². The number of unbranched alkanes of at least 4 members (excludes halogenated alkanes) is 10. The van der Waals surface area contributed by atoms with Gasteiger partial charge in [0.2, 0.25) is 0 Å². The molecule has 4 nitrogen and oxygen atoms in total. The first-order chi connectivity index (χ1) is 9.77. The normalized spacial score (nSPS) is 11.4. The van der Waals surface area contributed by atoms with Crippen molar-refractivity contribution in [1.82, 2.24) is 0 Å². The molecule has 0 saturated carbocycles. The summed E-state index contributed by atoms with van der Waals surface area (Å²) in [7, 11) is -4.64. The SMILES string of the molecule is CCCCCCCCCCCCCC(C)C.O=P(O)(O)O. The van der Waals surface area contributed by atoms with Crippen molar-refractivity contribution in [1.29, 1.82) is 0 Å². The van der Waals surface area contributed by atoms with Crippen molar-refractivity contribution in [2.24, 2.45) is 5.92 Å². The third-order valence-corrected chi connectivity index (χ3v) is 3.39. The first-order valence-corrected chi connectivity index (χ1v) is 10.1. The number of hydrogen-bond donors (Lipinski definition) is 3. The van der Waals surface area contributed by atoms with Crippen LogP contribution in [-0.2, 0) is 4.57 Å². The fraction of sp³-hybridized carbons (Fsp3) is 1.00. The van der Waals surface area contributed by atoms with Gasteiger partial charge in [0, 0.05) is 0 Å². The van der Waals surface area contributed by atoms with E-state index in [2.05, 4.69) is 20.8 Å². The van der Waals surface area contributed by atoms with Gasteiger partial charge in [0.05, 0.1) is 0 Å². The fourth-order valence-electron chi connectivity index (χ4n) is 2.22. The van der Waals surface area contributed by atoms with E-state index in [1.165, 1.54) is 77.0 Å². The molecule has 0 radical (unpaired) electrons. The molecule has 0 unspecified atom stereocenters. The van der Waals surface area contributed by atoms with Crippen molar-refractivity contribution in [3.8, 4) is 0 Å². The van der Waals surface area contributed by atoms with Crippen molar-refractivity contribution in [3.05, 3.63) is 0 Å². The predicted octanol–water partition coefficient (Wildman–Crippen LogP) is 5.41. The van der Waals surface area contributed by atoms with Crippen LogP contribution in [-0.4, -0.2) is 14.7 Å². The van der Waals surface area contributed by atoms with Gasteiger partial charge in [-0.2, -0.15) is 0 Å². The number of phosphoric acid groups is 1. The summed E-state index contributed by atoms with van der Waals surface area (Å²) in [5.74, 6) is 0.901. The lowest BCUT2D eigenvalue weighted by atomic mass is 10.0. The summed E-state index contributed by atoms with van der Waals surface area (Å²) < 4.78 is 8.88. The van der Waals surface area contributed by atoms with Gasteiger partial charge in [0.15, 0.2) is 0 Å². The van der Waals surface area contributed by atoms with Crippen LogP contribution in [0.4, 0.5) is 0 Å². The molecule has 0 aromatic rings. The predicted molar refractivity (Wildman–Crippen MR) is 90.2 cm³/mol. The molecule has 0 aliphatic heterocycles. The van der Waals surface area contributed by atoms with E-state index in [1.54, 1.807) is 0 Å². The smallest absolute Gasteiger partial charge is 0.303 e. The second kappa shape index (κ2) is 16.5. The first-order valence-electron chi connectivity index (χ1n) is 8.55. The molecular formula is C16H37O4P. The third kappa shape index (κ3) is 38.4. The molecule has 5 heteroatoms.